The van der Waals surface area contributed by atoms with Gasteiger partial charge in [-0.3, -0.25) is 4.79 Å². The molecule has 0 aromatic rings. The number of carbonyl (C=O) groups excluding carboxylic acids is 1. The zero-order valence-corrected chi connectivity index (χ0v) is 13.2. The minimum Gasteiger partial charge on any atom is -0.368 e. The molecule has 116 valence electrons. The fraction of sp³-hybridized carbons (Fsp3) is 0.933. The highest BCUT2D eigenvalue weighted by molar-refractivity contribution is 5.84. The predicted molar refractivity (Wildman–Crippen MR) is 81.5 cm³/mol. The third kappa shape index (κ3) is 3.32. The van der Waals surface area contributed by atoms with Crippen molar-refractivity contribution < 1.29 is 4.79 Å². The maximum absolute atomic E-state index is 11.8. The first kappa shape index (κ1) is 15.7. The zero-order valence-electron chi connectivity index (χ0n) is 13.2. The summed E-state index contributed by atoms with van der Waals surface area (Å²) in [5.74, 6) is 0.572. The molecule has 3 atom stereocenters. The van der Waals surface area contributed by atoms with Crippen molar-refractivity contribution in [3.05, 3.63) is 0 Å². The number of rotatable bonds is 5. The molecule has 2 aliphatic rings. The Morgan fingerprint density at radius 1 is 1.50 bits per heavy atom. The van der Waals surface area contributed by atoms with E-state index in [2.05, 4.69) is 29.2 Å². The summed E-state index contributed by atoms with van der Waals surface area (Å²) in [4.78, 5) is 16.7. The second-order valence-electron chi connectivity index (χ2n) is 6.80. The van der Waals surface area contributed by atoms with Crippen LogP contribution >= 0.6 is 0 Å². The second kappa shape index (κ2) is 6.41. The minimum absolute atomic E-state index is 0.196. The molecule has 0 spiro atoms. The van der Waals surface area contributed by atoms with E-state index in [1.165, 1.54) is 25.9 Å². The van der Waals surface area contributed by atoms with E-state index in [1.807, 2.05) is 7.05 Å². The fourth-order valence-corrected chi connectivity index (χ4v) is 3.93. The van der Waals surface area contributed by atoms with Crippen LogP contribution in [-0.2, 0) is 4.79 Å². The number of primary amides is 1. The number of likely N-dealkylation sites (tertiary alicyclic amines) is 1. The van der Waals surface area contributed by atoms with Gasteiger partial charge in [-0.15, -0.1) is 0 Å². The Morgan fingerprint density at radius 3 is 2.80 bits per heavy atom. The quantitative estimate of drug-likeness (QED) is 0.759. The van der Waals surface area contributed by atoms with E-state index in [1.54, 1.807) is 0 Å². The number of likely N-dealkylation sites (N-methyl/N-ethyl adjacent to an activating group) is 1. The van der Waals surface area contributed by atoms with Crippen LogP contribution in [0.15, 0.2) is 0 Å². The molecule has 1 aliphatic carbocycles. The van der Waals surface area contributed by atoms with Crippen molar-refractivity contribution in [2.24, 2.45) is 11.7 Å². The Hall–Kier alpha value is -0.650. The van der Waals surface area contributed by atoms with Crippen molar-refractivity contribution >= 4 is 5.91 Å². The summed E-state index contributed by atoms with van der Waals surface area (Å²) in [6.07, 6.45) is 5.26. The zero-order chi connectivity index (χ0) is 14.8. The van der Waals surface area contributed by atoms with Crippen LogP contribution in [0.2, 0.25) is 0 Å². The Labute approximate surface area is 122 Å². The number of carbonyl (C=O) groups is 1. The Balaban J connectivity index is 1.92. The summed E-state index contributed by atoms with van der Waals surface area (Å²) in [5, 5.41) is 3.19. The maximum atomic E-state index is 11.8. The van der Waals surface area contributed by atoms with Crippen molar-refractivity contribution in [3.8, 4) is 0 Å². The van der Waals surface area contributed by atoms with Crippen molar-refractivity contribution in [3.63, 3.8) is 0 Å². The first-order chi connectivity index (χ1) is 9.47. The molecular formula is C15H30N4O. The van der Waals surface area contributed by atoms with Crippen LogP contribution in [0.3, 0.4) is 0 Å². The van der Waals surface area contributed by atoms with Gasteiger partial charge in [0, 0.05) is 19.1 Å². The topological polar surface area (TPSA) is 61.6 Å². The van der Waals surface area contributed by atoms with E-state index in [4.69, 9.17) is 5.73 Å². The molecular weight excluding hydrogens is 252 g/mol. The summed E-state index contributed by atoms with van der Waals surface area (Å²) in [5.41, 5.74) is 5.13. The molecule has 2 fully saturated rings. The van der Waals surface area contributed by atoms with Gasteiger partial charge in [0.05, 0.1) is 5.54 Å². The molecule has 3 unspecified atom stereocenters. The Kier molecular flexibility index (Phi) is 5.04. The molecule has 0 bridgehead atoms. The van der Waals surface area contributed by atoms with Crippen LogP contribution in [0.4, 0.5) is 0 Å². The van der Waals surface area contributed by atoms with E-state index in [9.17, 15) is 4.79 Å². The van der Waals surface area contributed by atoms with Gasteiger partial charge in [-0.1, -0.05) is 0 Å². The number of amides is 1. The van der Waals surface area contributed by atoms with Crippen LogP contribution < -0.4 is 11.1 Å². The highest BCUT2D eigenvalue weighted by Crippen LogP contribution is 2.31. The van der Waals surface area contributed by atoms with E-state index in [0.29, 0.717) is 6.04 Å². The molecule has 1 saturated carbocycles. The number of nitrogens with zero attached hydrogens (tertiary/aromatic N) is 2. The largest absolute Gasteiger partial charge is 0.368 e. The smallest absolute Gasteiger partial charge is 0.237 e. The van der Waals surface area contributed by atoms with Crippen LogP contribution in [0.5, 0.6) is 0 Å². The van der Waals surface area contributed by atoms with Gasteiger partial charge in [-0.25, -0.2) is 0 Å². The van der Waals surface area contributed by atoms with Gasteiger partial charge >= 0.3 is 0 Å². The maximum Gasteiger partial charge on any atom is 0.237 e. The van der Waals surface area contributed by atoms with Gasteiger partial charge in [-0.05, 0) is 65.7 Å². The molecule has 0 aromatic heterocycles. The molecule has 5 nitrogen and oxygen atoms in total. The van der Waals surface area contributed by atoms with E-state index in [-0.39, 0.29) is 5.91 Å². The Bertz CT molecular complexity index is 349. The van der Waals surface area contributed by atoms with Gasteiger partial charge in [0.15, 0.2) is 0 Å². The first-order valence-electron chi connectivity index (χ1n) is 7.84. The summed E-state index contributed by atoms with van der Waals surface area (Å²) >= 11 is 0. The van der Waals surface area contributed by atoms with Crippen molar-refractivity contribution in [1.82, 2.24) is 15.1 Å². The van der Waals surface area contributed by atoms with Crippen molar-refractivity contribution in [2.45, 2.75) is 43.7 Å². The highest BCUT2D eigenvalue weighted by Gasteiger charge is 2.41. The molecule has 0 radical (unpaired) electrons. The lowest BCUT2D eigenvalue weighted by molar-refractivity contribution is -0.126. The van der Waals surface area contributed by atoms with Gasteiger partial charge in [-0.2, -0.15) is 0 Å². The average Bonchev–Trinajstić information content (AvgIpc) is 2.83. The standard InChI is InChI=1S/C15H30N4O/c1-17-15(14(16)20)7-4-5-13(9-15)19(3)11-12-6-8-18(2)10-12/h12-13,17H,4-11H2,1-3H3,(H2,16,20). The molecule has 0 aromatic carbocycles. The normalized spacial score (nSPS) is 35.6. The van der Waals surface area contributed by atoms with E-state index >= 15 is 0 Å². The summed E-state index contributed by atoms with van der Waals surface area (Å²) < 4.78 is 0. The predicted octanol–water partition coefficient (Wildman–Crippen LogP) is 0.256. The molecule has 3 N–H and O–H groups in total. The van der Waals surface area contributed by atoms with Gasteiger partial charge in [0.2, 0.25) is 5.91 Å². The highest BCUT2D eigenvalue weighted by atomic mass is 16.1. The van der Waals surface area contributed by atoms with Gasteiger partial charge in [0.1, 0.15) is 0 Å². The number of nitrogens with one attached hydrogen (secondary N) is 1. The monoisotopic (exact) mass is 282 g/mol. The second-order valence-corrected chi connectivity index (χ2v) is 6.80. The lowest BCUT2D eigenvalue weighted by Crippen LogP contribution is -2.59. The van der Waals surface area contributed by atoms with Crippen LogP contribution in [0.25, 0.3) is 0 Å². The first-order valence-corrected chi connectivity index (χ1v) is 7.84. The lowest BCUT2D eigenvalue weighted by Gasteiger charge is -2.42. The minimum atomic E-state index is -0.496. The van der Waals surface area contributed by atoms with Crippen LogP contribution in [0, 0.1) is 5.92 Å². The Morgan fingerprint density at radius 2 is 2.25 bits per heavy atom. The van der Waals surface area contributed by atoms with Crippen LogP contribution in [-0.4, -0.2) is 68.1 Å². The lowest BCUT2D eigenvalue weighted by atomic mass is 9.78. The fourth-order valence-electron chi connectivity index (χ4n) is 3.93. The third-order valence-corrected chi connectivity index (χ3v) is 5.33. The molecule has 1 heterocycles. The molecule has 1 aliphatic heterocycles. The summed E-state index contributed by atoms with van der Waals surface area (Å²) in [6, 6.07) is 0.467. The van der Waals surface area contributed by atoms with Gasteiger partial charge in [0.25, 0.3) is 0 Å². The molecule has 5 heteroatoms. The van der Waals surface area contributed by atoms with E-state index in [0.717, 1.165) is 31.7 Å². The number of nitrogens with two attached hydrogens (primary N) is 1. The average molecular weight is 282 g/mol. The summed E-state index contributed by atoms with van der Waals surface area (Å²) in [7, 11) is 6.26. The van der Waals surface area contributed by atoms with E-state index < -0.39 is 5.54 Å². The number of hydrogen-bond acceptors (Lipinski definition) is 4. The molecule has 2 rings (SSSR count). The molecule has 20 heavy (non-hydrogen) atoms. The van der Waals surface area contributed by atoms with Crippen molar-refractivity contribution in [2.75, 3.05) is 40.8 Å². The molecule has 1 saturated heterocycles. The van der Waals surface area contributed by atoms with Gasteiger partial charge < -0.3 is 20.9 Å². The van der Waals surface area contributed by atoms with Crippen molar-refractivity contribution in [1.29, 1.82) is 0 Å². The summed E-state index contributed by atoms with van der Waals surface area (Å²) in [6.45, 7) is 3.54. The SMILES string of the molecule is CNC1(C(N)=O)CCCC(N(C)CC2CCN(C)C2)C1. The number of hydrogen-bond donors (Lipinski definition) is 2. The third-order valence-electron chi connectivity index (χ3n) is 5.33. The van der Waals surface area contributed by atoms with Crippen LogP contribution in [0.1, 0.15) is 32.1 Å². The molecule has 1 amide bonds.